The van der Waals surface area contributed by atoms with E-state index in [4.69, 9.17) is 4.74 Å². The molecule has 0 saturated carbocycles. The zero-order chi connectivity index (χ0) is 22.0. The Morgan fingerprint density at radius 2 is 1.94 bits per heavy atom. The van der Waals surface area contributed by atoms with Gasteiger partial charge in [-0.2, -0.15) is 0 Å². The predicted molar refractivity (Wildman–Crippen MR) is 117 cm³/mol. The van der Waals surface area contributed by atoms with Crippen LogP contribution in [-0.4, -0.2) is 73.1 Å². The summed E-state index contributed by atoms with van der Waals surface area (Å²) in [5, 5.41) is 2.87. The van der Waals surface area contributed by atoms with Crippen molar-refractivity contribution >= 4 is 17.6 Å². The van der Waals surface area contributed by atoms with Crippen molar-refractivity contribution in [2.24, 2.45) is 5.92 Å². The van der Waals surface area contributed by atoms with Gasteiger partial charge in [-0.25, -0.2) is 4.98 Å². The van der Waals surface area contributed by atoms with E-state index in [1.54, 1.807) is 25.4 Å². The van der Waals surface area contributed by atoms with Crippen LogP contribution in [0, 0.1) is 19.8 Å². The van der Waals surface area contributed by atoms with Crippen LogP contribution in [0.5, 0.6) is 0 Å². The van der Waals surface area contributed by atoms with Crippen molar-refractivity contribution in [2.45, 2.75) is 19.8 Å². The monoisotopic (exact) mass is 423 g/mol. The summed E-state index contributed by atoms with van der Waals surface area (Å²) in [6.07, 6.45) is 3.47. The van der Waals surface area contributed by atoms with Gasteiger partial charge in [0.15, 0.2) is 0 Å². The standard InChI is InChI=1S/C23H29N5O3/c1-15-10-16(2)21(25-11-15)27-6-8-28(9-7-27)23(30)17-4-5-19(24-12-17)20-18(14-31-3)13-26-22(20)29/h4-5,10-12,18,20H,6-9,13-14H2,1-3H3,(H,26,29)/t18?,20-/m1/s1. The number of aromatic nitrogens is 2. The van der Waals surface area contributed by atoms with E-state index >= 15 is 0 Å². The van der Waals surface area contributed by atoms with Crippen molar-refractivity contribution in [2.75, 3.05) is 51.3 Å². The molecule has 4 heterocycles. The Bertz CT molecular complexity index is 954. The van der Waals surface area contributed by atoms with E-state index in [1.807, 2.05) is 18.0 Å². The fourth-order valence-electron chi connectivity index (χ4n) is 4.48. The molecule has 0 aliphatic carbocycles. The molecular weight excluding hydrogens is 394 g/mol. The number of hydrogen-bond donors (Lipinski definition) is 1. The minimum atomic E-state index is -0.335. The van der Waals surface area contributed by atoms with Crippen molar-refractivity contribution in [1.29, 1.82) is 0 Å². The first-order valence-electron chi connectivity index (χ1n) is 10.7. The first-order chi connectivity index (χ1) is 15.0. The third kappa shape index (κ3) is 4.39. The van der Waals surface area contributed by atoms with E-state index in [2.05, 4.69) is 33.2 Å². The van der Waals surface area contributed by atoms with E-state index in [-0.39, 0.29) is 23.7 Å². The lowest BCUT2D eigenvalue weighted by Crippen LogP contribution is -2.49. The molecule has 0 bridgehead atoms. The molecule has 2 atom stereocenters. The number of nitrogens with zero attached hydrogens (tertiary/aromatic N) is 4. The number of amides is 2. The average molecular weight is 424 g/mol. The van der Waals surface area contributed by atoms with Crippen LogP contribution in [0.25, 0.3) is 0 Å². The maximum absolute atomic E-state index is 13.0. The zero-order valence-corrected chi connectivity index (χ0v) is 18.3. The molecule has 2 saturated heterocycles. The number of pyridine rings is 2. The van der Waals surface area contributed by atoms with E-state index in [1.165, 1.54) is 0 Å². The molecule has 2 aromatic heterocycles. The van der Waals surface area contributed by atoms with E-state index in [0.717, 1.165) is 30.0 Å². The second-order valence-electron chi connectivity index (χ2n) is 8.34. The highest BCUT2D eigenvalue weighted by Crippen LogP contribution is 2.28. The number of carbonyl (C=O) groups is 2. The van der Waals surface area contributed by atoms with Gasteiger partial charge in [-0.05, 0) is 37.1 Å². The van der Waals surface area contributed by atoms with Gasteiger partial charge in [0, 0.05) is 58.1 Å². The summed E-state index contributed by atoms with van der Waals surface area (Å²) < 4.78 is 5.23. The Labute approximate surface area is 182 Å². The van der Waals surface area contributed by atoms with Crippen LogP contribution in [0.15, 0.2) is 30.6 Å². The summed E-state index contributed by atoms with van der Waals surface area (Å²) in [5.74, 6) is 0.641. The normalized spacial score (nSPS) is 21.3. The number of piperazine rings is 1. The number of anilines is 1. The number of aryl methyl sites for hydroxylation is 2. The minimum absolute atomic E-state index is 0.0309. The number of nitrogens with one attached hydrogen (secondary N) is 1. The molecular formula is C23H29N5O3. The van der Waals surface area contributed by atoms with Crippen LogP contribution in [0.1, 0.15) is 33.1 Å². The van der Waals surface area contributed by atoms with Crippen LogP contribution >= 0.6 is 0 Å². The summed E-state index contributed by atoms with van der Waals surface area (Å²) in [6, 6.07) is 5.70. The lowest BCUT2D eigenvalue weighted by molar-refractivity contribution is -0.120. The minimum Gasteiger partial charge on any atom is -0.384 e. The summed E-state index contributed by atoms with van der Waals surface area (Å²) in [6.45, 7) is 7.94. The fourth-order valence-corrected chi connectivity index (χ4v) is 4.48. The topological polar surface area (TPSA) is 87.7 Å². The second-order valence-corrected chi connectivity index (χ2v) is 8.34. The number of carbonyl (C=O) groups excluding carboxylic acids is 2. The Morgan fingerprint density at radius 1 is 1.16 bits per heavy atom. The van der Waals surface area contributed by atoms with Gasteiger partial charge in [0.2, 0.25) is 5.91 Å². The third-order valence-electron chi connectivity index (χ3n) is 6.08. The van der Waals surface area contributed by atoms with Crippen molar-refractivity contribution in [3.63, 3.8) is 0 Å². The molecule has 8 heteroatoms. The molecule has 0 aromatic carbocycles. The third-order valence-corrected chi connectivity index (χ3v) is 6.08. The van der Waals surface area contributed by atoms with Crippen molar-refractivity contribution < 1.29 is 14.3 Å². The van der Waals surface area contributed by atoms with Gasteiger partial charge in [0.1, 0.15) is 5.82 Å². The summed E-state index contributed by atoms with van der Waals surface area (Å²) in [7, 11) is 1.63. The van der Waals surface area contributed by atoms with E-state index in [0.29, 0.717) is 37.5 Å². The highest BCUT2D eigenvalue weighted by atomic mass is 16.5. The Hall–Kier alpha value is -3.00. The van der Waals surface area contributed by atoms with Gasteiger partial charge in [-0.1, -0.05) is 6.07 Å². The summed E-state index contributed by atoms with van der Waals surface area (Å²) in [5.41, 5.74) is 3.53. The highest BCUT2D eigenvalue weighted by Gasteiger charge is 2.37. The van der Waals surface area contributed by atoms with Gasteiger partial charge in [0.25, 0.3) is 5.91 Å². The van der Waals surface area contributed by atoms with Gasteiger partial charge >= 0.3 is 0 Å². The number of methoxy groups -OCH3 is 1. The molecule has 2 aliphatic rings. The van der Waals surface area contributed by atoms with Crippen LogP contribution < -0.4 is 10.2 Å². The molecule has 0 spiro atoms. The van der Waals surface area contributed by atoms with E-state index in [9.17, 15) is 9.59 Å². The molecule has 0 radical (unpaired) electrons. The summed E-state index contributed by atoms with van der Waals surface area (Å²) in [4.78, 5) is 38.3. The Kier molecular flexibility index (Phi) is 6.18. The number of ether oxygens (including phenoxy) is 1. The second kappa shape index (κ2) is 9.01. The Morgan fingerprint density at radius 3 is 2.58 bits per heavy atom. The van der Waals surface area contributed by atoms with Crippen LogP contribution in [0.4, 0.5) is 5.82 Å². The van der Waals surface area contributed by atoms with Crippen LogP contribution in [-0.2, 0) is 9.53 Å². The van der Waals surface area contributed by atoms with E-state index < -0.39 is 0 Å². The van der Waals surface area contributed by atoms with Crippen molar-refractivity contribution in [1.82, 2.24) is 20.2 Å². The molecule has 164 valence electrons. The molecule has 1 unspecified atom stereocenters. The zero-order valence-electron chi connectivity index (χ0n) is 18.3. The molecule has 2 fully saturated rings. The first-order valence-corrected chi connectivity index (χ1v) is 10.7. The largest absolute Gasteiger partial charge is 0.384 e. The van der Waals surface area contributed by atoms with Gasteiger partial charge in [-0.15, -0.1) is 0 Å². The molecule has 2 amide bonds. The number of rotatable bonds is 5. The van der Waals surface area contributed by atoms with Gasteiger partial charge in [-0.3, -0.25) is 14.6 Å². The summed E-state index contributed by atoms with van der Waals surface area (Å²) >= 11 is 0. The van der Waals surface area contributed by atoms with Crippen molar-refractivity contribution in [3.05, 3.63) is 53.0 Å². The number of hydrogen-bond acceptors (Lipinski definition) is 6. The first kappa shape index (κ1) is 21.2. The molecule has 2 aromatic rings. The maximum Gasteiger partial charge on any atom is 0.255 e. The molecule has 1 N–H and O–H groups in total. The van der Waals surface area contributed by atoms with Gasteiger partial charge < -0.3 is 19.9 Å². The fraction of sp³-hybridized carbons (Fsp3) is 0.478. The molecule has 4 rings (SSSR count). The highest BCUT2D eigenvalue weighted by molar-refractivity contribution is 5.94. The lowest BCUT2D eigenvalue weighted by Gasteiger charge is -2.36. The van der Waals surface area contributed by atoms with Gasteiger partial charge in [0.05, 0.1) is 23.8 Å². The molecule has 8 nitrogen and oxygen atoms in total. The smallest absolute Gasteiger partial charge is 0.255 e. The Balaban J connectivity index is 1.39. The lowest BCUT2D eigenvalue weighted by atomic mass is 9.92. The molecule has 2 aliphatic heterocycles. The van der Waals surface area contributed by atoms with Crippen LogP contribution in [0.2, 0.25) is 0 Å². The maximum atomic E-state index is 13.0. The SMILES string of the molecule is COCC1CNC(=O)[C@H]1c1ccc(C(=O)N2CCN(c3ncc(C)cc3C)CC2)cn1. The average Bonchev–Trinajstić information content (AvgIpc) is 3.14. The van der Waals surface area contributed by atoms with Crippen LogP contribution in [0.3, 0.4) is 0 Å². The predicted octanol–water partition coefficient (Wildman–Crippen LogP) is 1.53. The quantitative estimate of drug-likeness (QED) is 0.785. The molecule has 31 heavy (non-hydrogen) atoms. The van der Waals surface area contributed by atoms with Crippen molar-refractivity contribution in [3.8, 4) is 0 Å².